The van der Waals surface area contributed by atoms with E-state index in [9.17, 15) is 23.4 Å². The zero-order valence-corrected chi connectivity index (χ0v) is 23.0. The first-order chi connectivity index (χ1) is 18.2. The van der Waals surface area contributed by atoms with Crippen LogP contribution in [0.25, 0.3) is 22.4 Å². The van der Waals surface area contributed by atoms with Gasteiger partial charge in [-0.3, -0.25) is 9.69 Å². The number of aliphatic hydroxyl groups excluding tert-OH is 2. The fourth-order valence-corrected chi connectivity index (χ4v) is 6.25. The van der Waals surface area contributed by atoms with Gasteiger partial charge in [-0.15, -0.1) is 0 Å². The van der Waals surface area contributed by atoms with E-state index in [1.165, 1.54) is 16.4 Å². The highest BCUT2D eigenvalue weighted by Gasteiger charge is 2.31. The third kappa shape index (κ3) is 5.50. The molecule has 2 aromatic heterocycles. The van der Waals surface area contributed by atoms with Gasteiger partial charge in [0.25, 0.3) is 5.56 Å². The summed E-state index contributed by atoms with van der Waals surface area (Å²) in [7, 11) is -3.87. The van der Waals surface area contributed by atoms with Crippen molar-refractivity contribution in [1.82, 2.24) is 23.7 Å². The van der Waals surface area contributed by atoms with E-state index in [4.69, 9.17) is 9.72 Å². The molecule has 0 aliphatic carbocycles. The molecule has 3 heterocycles. The molecule has 3 aromatic rings. The smallest absolute Gasteiger partial charge is 0.275 e. The Balaban J connectivity index is 1.78. The number of piperazine rings is 1. The predicted octanol–water partition coefficient (Wildman–Crippen LogP) is 1.77. The summed E-state index contributed by atoms with van der Waals surface area (Å²) in [6, 6.07) is 4.62. The molecule has 0 radical (unpaired) electrons. The van der Waals surface area contributed by atoms with E-state index < -0.39 is 22.9 Å². The van der Waals surface area contributed by atoms with E-state index in [2.05, 4.69) is 11.9 Å². The van der Waals surface area contributed by atoms with Crippen molar-refractivity contribution in [1.29, 1.82) is 0 Å². The molecule has 0 spiro atoms. The Hall–Kier alpha value is -2.77. The molecule has 4 rings (SSSR count). The Bertz CT molecular complexity index is 1430. The minimum absolute atomic E-state index is 0.0650. The van der Waals surface area contributed by atoms with Crippen LogP contribution in [-0.2, 0) is 23.0 Å². The van der Waals surface area contributed by atoms with Gasteiger partial charge in [0.15, 0.2) is 0 Å². The maximum atomic E-state index is 13.6. The largest absolute Gasteiger partial charge is 0.493 e. The molecule has 1 aromatic carbocycles. The average molecular weight is 548 g/mol. The lowest BCUT2D eigenvalue weighted by Gasteiger charge is -2.36. The number of rotatable bonds is 11. The third-order valence-electron chi connectivity index (χ3n) is 6.82. The molecule has 1 atom stereocenters. The van der Waals surface area contributed by atoms with Crippen LogP contribution in [0.1, 0.15) is 39.2 Å². The standard InChI is InChI=1S/C26H37N5O6S/c1-4-7-18-16-29(6-3)24-23(18)27-25(28-26(24)34)20-15-19(8-9-21(20)37-14-5-2)38(35,36)31-12-10-30(11-13-31)22(33)17-32/h8-9,15-16,22,32-33H,4-7,10-14,17H2,1-3H3,(H,27,28,34)/t22-/m1/s1. The van der Waals surface area contributed by atoms with E-state index >= 15 is 0 Å². The maximum absolute atomic E-state index is 13.6. The van der Waals surface area contributed by atoms with Gasteiger partial charge in [0.05, 0.1) is 29.2 Å². The van der Waals surface area contributed by atoms with Crippen molar-refractivity contribution < 1.29 is 23.4 Å². The molecule has 38 heavy (non-hydrogen) atoms. The quantitative estimate of drug-likeness (QED) is 0.330. The van der Waals surface area contributed by atoms with Crippen LogP contribution in [0.5, 0.6) is 5.75 Å². The number of benzene rings is 1. The SMILES string of the molecule is CCCOc1ccc(S(=O)(=O)N2CCN([C@H](O)CO)CC2)cc1-c1nc2c(CCC)cn(CC)c2c(=O)[nH]1. The van der Waals surface area contributed by atoms with Gasteiger partial charge in [0.1, 0.15) is 23.3 Å². The normalized spacial score (nSPS) is 16.2. The number of H-pyrrole nitrogens is 1. The number of hydrogen-bond acceptors (Lipinski definition) is 8. The van der Waals surface area contributed by atoms with Crippen molar-refractivity contribution in [3.8, 4) is 17.1 Å². The van der Waals surface area contributed by atoms with Crippen LogP contribution >= 0.6 is 0 Å². The number of aromatic nitrogens is 3. The fraction of sp³-hybridized carbons (Fsp3) is 0.538. The summed E-state index contributed by atoms with van der Waals surface area (Å²) in [6.45, 7) is 7.60. The molecule has 3 N–H and O–H groups in total. The second-order valence-electron chi connectivity index (χ2n) is 9.41. The number of aryl methyl sites for hydroxylation is 2. The molecule has 1 saturated heterocycles. The summed E-state index contributed by atoms with van der Waals surface area (Å²) in [5.74, 6) is 0.698. The van der Waals surface area contributed by atoms with Crippen LogP contribution in [0.3, 0.4) is 0 Å². The topological polar surface area (TPSA) is 141 Å². The Morgan fingerprint density at radius 1 is 1.13 bits per heavy atom. The van der Waals surface area contributed by atoms with Crippen LogP contribution in [0.15, 0.2) is 34.1 Å². The molecule has 12 heteroatoms. The molecule has 0 bridgehead atoms. The van der Waals surface area contributed by atoms with Crippen LogP contribution in [0, 0.1) is 0 Å². The van der Waals surface area contributed by atoms with E-state index in [0.29, 0.717) is 48.6 Å². The number of hydrogen-bond donors (Lipinski definition) is 3. The molecule has 0 amide bonds. The average Bonchev–Trinajstić information content (AvgIpc) is 3.29. The first kappa shape index (κ1) is 28.2. The summed E-state index contributed by atoms with van der Waals surface area (Å²) >= 11 is 0. The minimum atomic E-state index is -3.87. The van der Waals surface area contributed by atoms with Crippen molar-refractivity contribution >= 4 is 21.1 Å². The first-order valence-corrected chi connectivity index (χ1v) is 14.6. The number of sulfonamides is 1. The molecule has 1 fully saturated rings. The van der Waals surface area contributed by atoms with Crippen LogP contribution < -0.4 is 10.3 Å². The Kier molecular flexibility index (Phi) is 8.89. The number of aromatic amines is 1. The van der Waals surface area contributed by atoms with Crippen LogP contribution in [0.2, 0.25) is 0 Å². The minimum Gasteiger partial charge on any atom is -0.493 e. The number of ether oxygens (including phenoxy) is 1. The van der Waals surface area contributed by atoms with Gasteiger partial charge < -0.3 is 24.5 Å². The molecule has 1 aliphatic rings. The highest BCUT2D eigenvalue weighted by molar-refractivity contribution is 7.89. The zero-order chi connectivity index (χ0) is 27.4. The summed E-state index contributed by atoms with van der Waals surface area (Å²) < 4.78 is 36.3. The van der Waals surface area contributed by atoms with Gasteiger partial charge in [-0.05, 0) is 43.5 Å². The fourth-order valence-electron chi connectivity index (χ4n) is 4.80. The summed E-state index contributed by atoms with van der Waals surface area (Å²) in [6.07, 6.45) is 3.37. The van der Waals surface area contributed by atoms with E-state index in [0.717, 1.165) is 24.8 Å². The second-order valence-corrected chi connectivity index (χ2v) is 11.3. The van der Waals surface area contributed by atoms with Gasteiger partial charge in [-0.2, -0.15) is 4.31 Å². The number of aliphatic hydroxyl groups is 2. The maximum Gasteiger partial charge on any atom is 0.275 e. The Labute approximate surface area is 222 Å². The van der Waals surface area contributed by atoms with Gasteiger partial charge in [-0.25, -0.2) is 13.4 Å². The molecular formula is C26H37N5O6S. The van der Waals surface area contributed by atoms with E-state index in [1.54, 1.807) is 11.0 Å². The lowest BCUT2D eigenvalue weighted by Crippen LogP contribution is -2.52. The van der Waals surface area contributed by atoms with Gasteiger partial charge >= 0.3 is 0 Å². The second kappa shape index (κ2) is 12.0. The van der Waals surface area contributed by atoms with Crippen molar-refractivity contribution in [2.24, 2.45) is 0 Å². The summed E-state index contributed by atoms with van der Waals surface area (Å²) in [5.41, 5.74) is 2.20. The summed E-state index contributed by atoms with van der Waals surface area (Å²) in [5, 5.41) is 19.1. The van der Waals surface area contributed by atoms with Crippen molar-refractivity contribution in [3.05, 3.63) is 40.3 Å². The van der Waals surface area contributed by atoms with Crippen molar-refractivity contribution in [3.63, 3.8) is 0 Å². The van der Waals surface area contributed by atoms with Crippen molar-refractivity contribution in [2.75, 3.05) is 39.4 Å². The first-order valence-electron chi connectivity index (χ1n) is 13.2. The van der Waals surface area contributed by atoms with Crippen LogP contribution in [-0.4, -0.2) is 88.0 Å². The highest BCUT2D eigenvalue weighted by atomic mass is 32.2. The number of fused-ring (bicyclic) bond motifs is 1. The van der Waals surface area contributed by atoms with Crippen molar-refractivity contribution in [2.45, 2.75) is 57.7 Å². The van der Waals surface area contributed by atoms with E-state index in [-0.39, 0.29) is 29.4 Å². The Morgan fingerprint density at radius 2 is 1.87 bits per heavy atom. The third-order valence-corrected chi connectivity index (χ3v) is 8.72. The van der Waals surface area contributed by atoms with Crippen LogP contribution in [0.4, 0.5) is 0 Å². The van der Waals surface area contributed by atoms with E-state index in [1.807, 2.05) is 24.6 Å². The number of nitrogens with zero attached hydrogens (tertiary/aromatic N) is 4. The molecule has 0 unspecified atom stereocenters. The molecular weight excluding hydrogens is 510 g/mol. The predicted molar refractivity (Wildman–Crippen MR) is 145 cm³/mol. The monoisotopic (exact) mass is 547 g/mol. The number of nitrogens with one attached hydrogen (secondary N) is 1. The van der Waals surface area contributed by atoms with Gasteiger partial charge in [-0.1, -0.05) is 20.3 Å². The van der Waals surface area contributed by atoms with Gasteiger partial charge in [0.2, 0.25) is 10.0 Å². The molecule has 0 saturated carbocycles. The molecule has 208 valence electrons. The highest BCUT2D eigenvalue weighted by Crippen LogP contribution is 2.33. The van der Waals surface area contributed by atoms with Gasteiger partial charge in [0, 0.05) is 38.9 Å². The lowest BCUT2D eigenvalue weighted by molar-refractivity contribution is -0.0471. The Morgan fingerprint density at radius 3 is 2.50 bits per heavy atom. The molecule has 11 nitrogen and oxygen atoms in total. The zero-order valence-electron chi connectivity index (χ0n) is 22.2. The lowest BCUT2D eigenvalue weighted by atomic mass is 10.1. The summed E-state index contributed by atoms with van der Waals surface area (Å²) in [4.78, 5) is 22.6. The molecule has 1 aliphatic heterocycles.